The lowest BCUT2D eigenvalue weighted by atomic mass is 9.74. The van der Waals surface area contributed by atoms with Crippen molar-refractivity contribution >= 4 is 29.5 Å². The maximum atomic E-state index is 13.8. The van der Waals surface area contributed by atoms with E-state index in [0.29, 0.717) is 13.0 Å². The molecule has 1 unspecified atom stereocenters. The quantitative estimate of drug-likeness (QED) is 0.533. The summed E-state index contributed by atoms with van der Waals surface area (Å²) < 4.78 is 3.96. The Balaban J connectivity index is 1.91. The molecule has 4 aliphatic heterocycles. The van der Waals surface area contributed by atoms with E-state index >= 15 is 0 Å². The number of likely N-dealkylation sites (tertiary alicyclic amines) is 1. The van der Waals surface area contributed by atoms with Crippen molar-refractivity contribution in [1.82, 2.24) is 9.80 Å². The minimum atomic E-state index is -0.881. The van der Waals surface area contributed by atoms with Crippen LogP contribution in [0.4, 0.5) is 0 Å². The van der Waals surface area contributed by atoms with Crippen molar-refractivity contribution < 1.29 is 24.2 Å². The molecule has 0 aliphatic carbocycles. The fourth-order valence-corrected chi connectivity index (χ4v) is 7.61. The van der Waals surface area contributed by atoms with Gasteiger partial charge < -0.3 is 19.6 Å². The maximum Gasteiger partial charge on any atom is 0.311 e. The molecule has 7 nitrogen and oxygen atoms in total. The molecule has 1 N–H and O–H groups in total. The normalized spacial score (nSPS) is 39.3. The SMILES string of the molecule is CC(C)N1CC=C[C@]23S[C@]4(C)C=CCCOC(=O)[C@@H]4[C@H]2C(=O)N([C@H](C)CO)C3C1=O. The lowest BCUT2D eigenvalue weighted by molar-refractivity contribution is -0.154. The van der Waals surface area contributed by atoms with Crippen LogP contribution in [0.1, 0.15) is 34.1 Å². The van der Waals surface area contributed by atoms with Gasteiger partial charge in [-0.15, -0.1) is 11.8 Å². The topological polar surface area (TPSA) is 87.2 Å². The molecule has 164 valence electrons. The third-order valence-corrected chi connectivity index (χ3v) is 8.65. The fourth-order valence-electron chi connectivity index (χ4n) is 5.47. The summed E-state index contributed by atoms with van der Waals surface area (Å²) in [5, 5.41) is 9.87. The van der Waals surface area contributed by atoms with Crippen LogP contribution in [0.3, 0.4) is 0 Å². The number of aliphatic hydroxyl groups excluding tert-OH is 1. The summed E-state index contributed by atoms with van der Waals surface area (Å²) in [6.07, 6.45) is 8.58. The molecule has 0 bridgehead atoms. The van der Waals surface area contributed by atoms with Crippen molar-refractivity contribution in [3.8, 4) is 0 Å². The summed E-state index contributed by atoms with van der Waals surface area (Å²) in [6, 6.07) is -1.32. The highest BCUT2D eigenvalue weighted by molar-refractivity contribution is 8.02. The summed E-state index contributed by atoms with van der Waals surface area (Å²) in [7, 11) is 0. The molecule has 2 amide bonds. The van der Waals surface area contributed by atoms with Gasteiger partial charge in [0.25, 0.3) is 0 Å². The van der Waals surface area contributed by atoms with Gasteiger partial charge in [0, 0.05) is 17.3 Å². The van der Waals surface area contributed by atoms with Crippen LogP contribution < -0.4 is 0 Å². The second kappa shape index (κ2) is 7.41. The zero-order valence-electron chi connectivity index (χ0n) is 17.9. The highest BCUT2D eigenvalue weighted by atomic mass is 32.2. The van der Waals surface area contributed by atoms with Crippen LogP contribution in [0.25, 0.3) is 0 Å². The van der Waals surface area contributed by atoms with Crippen LogP contribution in [0.15, 0.2) is 24.3 Å². The van der Waals surface area contributed by atoms with Crippen LogP contribution in [0.5, 0.6) is 0 Å². The van der Waals surface area contributed by atoms with Gasteiger partial charge in [-0.2, -0.15) is 0 Å². The van der Waals surface area contributed by atoms with Gasteiger partial charge in [0.15, 0.2) is 0 Å². The molecule has 6 atom stereocenters. The average Bonchev–Trinajstić information content (AvgIpc) is 3.00. The molecule has 30 heavy (non-hydrogen) atoms. The largest absolute Gasteiger partial charge is 0.465 e. The first-order valence-electron chi connectivity index (χ1n) is 10.6. The number of carbonyl (C=O) groups is 3. The Kier molecular flexibility index (Phi) is 5.29. The Morgan fingerprint density at radius 2 is 1.90 bits per heavy atom. The van der Waals surface area contributed by atoms with Crippen molar-refractivity contribution in [1.29, 1.82) is 0 Å². The van der Waals surface area contributed by atoms with Gasteiger partial charge in [-0.25, -0.2) is 0 Å². The molecule has 2 saturated heterocycles. The monoisotopic (exact) mass is 434 g/mol. The summed E-state index contributed by atoms with van der Waals surface area (Å²) >= 11 is 1.53. The first-order chi connectivity index (χ1) is 14.2. The number of aliphatic hydroxyl groups is 1. The van der Waals surface area contributed by atoms with Crippen molar-refractivity contribution in [2.75, 3.05) is 19.8 Å². The number of nitrogens with zero attached hydrogens (tertiary/aromatic N) is 2. The standard InChI is InChI=1S/C22H30N2O5S/c1-13(2)23-10-7-9-22-15(18(26)24(14(3)12-25)17(22)19(23)27)16-20(28)29-11-6-5-8-21(16,4)30-22/h5,7-9,13-17,25H,6,10-12H2,1-4H3/t14-,15+,16+,17?,21-,22+/m1/s1. The first kappa shape index (κ1) is 21.4. The number of hydrogen-bond acceptors (Lipinski definition) is 6. The maximum absolute atomic E-state index is 13.8. The van der Waals surface area contributed by atoms with Crippen LogP contribution in [0.2, 0.25) is 0 Å². The van der Waals surface area contributed by atoms with Crippen molar-refractivity contribution in [2.24, 2.45) is 11.8 Å². The molecule has 8 heteroatoms. The van der Waals surface area contributed by atoms with Crippen LogP contribution >= 0.6 is 11.8 Å². The molecule has 4 rings (SSSR count). The number of rotatable bonds is 3. The lowest BCUT2D eigenvalue weighted by Gasteiger charge is -2.39. The van der Waals surface area contributed by atoms with Gasteiger partial charge >= 0.3 is 5.97 Å². The number of cyclic esters (lactones) is 1. The van der Waals surface area contributed by atoms with E-state index in [4.69, 9.17) is 4.74 Å². The predicted octanol–water partition coefficient (Wildman–Crippen LogP) is 1.36. The summed E-state index contributed by atoms with van der Waals surface area (Å²) in [4.78, 5) is 43.9. The number of thioether (sulfide) groups is 1. The molecule has 2 fully saturated rings. The van der Waals surface area contributed by atoms with Crippen molar-refractivity contribution in [3.63, 3.8) is 0 Å². The number of ether oxygens (including phenoxy) is 1. The molecule has 0 aromatic rings. The minimum absolute atomic E-state index is 0.0294. The van der Waals surface area contributed by atoms with E-state index in [9.17, 15) is 19.5 Å². The van der Waals surface area contributed by atoms with Crippen molar-refractivity contribution in [3.05, 3.63) is 24.3 Å². The van der Waals surface area contributed by atoms with Gasteiger partial charge in [0.1, 0.15) is 6.04 Å². The molecular weight excluding hydrogens is 404 g/mol. The van der Waals surface area contributed by atoms with Crippen LogP contribution in [0, 0.1) is 11.8 Å². The molecule has 1 spiro atoms. The zero-order chi connectivity index (χ0) is 21.8. The highest BCUT2D eigenvalue weighted by Gasteiger charge is 2.74. The van der Waals surface area contributed by atoms with Gasteiger partial charge in [-0.1, -0.05) is 24.3 Å². The third-order valence-electron chi connectivity index (χ3n) is 6.85. The molecule has 0 aromatic heterocycles. The average molecular weight is 435 g/mol. The molecule has 4 aliphatic rings. The third kappa shape index (κ3) is 2.87. The Labute approximate surface area is 181 Å². The molecular formula is C22H30N2O5S. The number of esters is 1. The van der Waals surface area contributed by atoms with E-state index in [-0.39, 0.29) is 37.0 Å². The van der Waals surface area contributed by atoms with E-state index in [0.717, 1.165) is 0 Å². The Hall–Kier alpha value is -1.80. The number of hydrogen-bond donors (Lipinski definition) is 1. The van der Waals surface area contributed by atoms with Crippen LogP contribution in [-0.2, 0) is 19.1 Å². The summed E-state index contributed by atoms with van der Waals surface area (Å²) in [5.41, 5.74) is 0. The smallest absolute Gasteiger partial charge is 0.311 e. The number of carbonyl (C=O) groups excluding carboxylic acids is 3. The van der Waals surface area contributed by atoms with E-state index in [1.165, 1.54) is 16.7 Å². The van der Waals surface area contributed by atoms with Crippen LogP contribution in [-0.4, -0.2) is 80.1 Å². The Morgan fingerprint density at radius 3 is 2.57 bits per heavy atom. The van der Waals surface area contributed by atoms with E-state index < -0.39 is 33.4 Å². The molecule has 0 saturated carbocycles. The Bertz CT molecular complexity index is 826. The Morgan fingerprint density at radius 1 is 1.17 bits per heavy atom. The van der Waals surface area contributed by atoms with Gasteiger partial charge in [-0.05, 0) is 34.1 Å². The first-order valence-corrected chi connectivity index (χ1v) is 11.5. The highest BCUT2D eigenvalue weighted by Crippen LogP contribution is 2.65. The number of fused-ring (bicyclic) bond motifs is 2. The predicted molar refractivity (Wildman–Crippen MR) is 114 cm³/mol. The molecule has 0 radical (unpaired) electrons. The second-order valence-corrected chi connectivity index (χ2v) is 10.9. The number of amides is 2. The zero-order valence-corrected chi connectivity index (χ0v) is 18.7. The minimum Gasteiger partial charge on any atom is -0.465 e. The van der Waals surface area contributed by atoms with E-state index in [2.05, 4.69) is 0 Å². The second-order valence-electron chi connectivity index (χ2n) is 9.12. The lowest BCUT2D eigenvalue weighted by Crippen LogP contribution is -2.57. The fraction of sp³-hybridized carbons (Fsp3) is 0.682. The summed E-state index contributed by atoms with van der Waals surface area (Å²) in [5.74, 6) is -2.17. The van der Waals surface area contributed by atoms with Gasteiger partial charge in [0.05, 0.1) is 35.8 Å². The molecule has 0 aromatic carbocycles. The van der Waals surface area contributed by atoms with E-state index in [1.807, 2.05) is 45.1 Å². The molecule has 4 heterocycles. The summed E-state index contributed by atoms with van der Waals surface area (Å²) in [6.45, 7) is 8.11. The van der Waals surface area contributed by atoms with Gasteiger partial charge in [0.2, 0.25) is 11.8 Å². The van der Waals surface area contributed by atoms with E-state index in [1.54, 1.807) is 11.8 Å². The van der Waals surface area contributed by atoms with Crippen molar-refractivity contribution in [2.45, 2.75) is 61.7 Å². The van der Waals surface area contributed by atoms with Gasteiger partial charge in [-0.3, -0.25) is 14.4 Å².